The molecule has 110 valence electrons. The number of carbonyl (C=O) groups is 2. The van der Waals surface area contributed by atoms with Crippen molar-refractivity contribution in [2.75, 3.05) is 13.6 Å². The zero-order valence-electron chi connectivity index (χ0n) is 12.2. The molecule has 0 fully saturated rings. The zero-order chi connectivity index (χ0) is 15.4. The van der Waals surface area contributed by atoms with Gasteiger partial charge in [0.15, 0.2) is 0 Å². The third kappa shape index (κ3) is 3.56. The first kappa shape index (κ1) is 15.0. The van der Waals surface area contributed by atoms with Crippen LogP contribution in [-0.4, -0.2) is 40.5 Å². The molecule has 0 bridgehead atoms. The van der Waals surface area contributed by atoms with E-state index in [9.17, 15) is 9.59 Å². The number of carboxylic acid groups (broad SMARTS) is 1. The van der Waals surface area contributed by atoms with E-state index in [0.717, 1.165) is 11.1 Å². The highest BCUT2D eigenvalue weighted by Crippen LogP contribution is 2.18. The van der Waals surface area contributed by atoms with E-state index in [0.29, 0.717) is 24.0 Å². The van der Waals surface area contributed by atoms with Crippen LogP contribution in [0.25, 0.3) is 10.9 Å². The molecule has 0 saturated carbocycles. The number of amides is 1. The molecule has 0 aliphatic heterocycles. The molecule has 1 aromatic carbocycles. The van der Waals surface area contributed by atoms with Gasteiger partial charge in [-0.2, -0.15) is 0 Å². The van der Waals surface area contributed by atoms with Crippen molar-refractivity contribution in [3.8, 4) is 0 Å². The summed E-state index contributed by atoms with van der Waals surface area (Å²) in [7, 11) is 1.68. The topological polar surface area (TPSA) is 70.5 Å². The molecule has 2 rings (SSSR count). The van der Waals surface area contributed by atoms with Crippen LogP contribution in [0, 0.1) is 6.92 Å². The minimum atomic E-state index is -0.849. The van der Waals surface area contributed by atoms with Gasteiger partial charge in [-0.05, 0) is 25.5 Å². The van der Waals surface area contributed by atoms with Crippen molar-refractivity contribution in [3.63, 3.8) is 0 Å². The van der Waals surface area contributed by atoms with E-state index in [1.54, 1.807) is 18.0 Å². The molecule has 0 atom stereocenters. The molecule has 0 unspecified atom stereocenters. The lowest BCUT2D eigenvalue weighted by Crippen LogP contribution is -2.28. The average Bonchev–Trinajstić information content (AvgIpc) is 2.45. The van der Waals surface area contributed by atoms with Gasteiger partial charge in [0.05, 0.1) is 11.1 Å². The van der Waals surface area contributed by atoms with Crippen molar-refractivity contribution >= 4 is 22.8 Å². The second-order valence-electron chi connectivity index (χ2n) is 5.05. The molecular weight excluding hydrogens is 268 g/mol. The predicted molar refractivity (Wildman–Crippen MR) is 80.3 cm³/mol. The Morgan fingerprint density at radius 2 is 2.00 bits per heavy atom. The molecule has 1 aromatic heterocycles. The second kappa shape index (κ2) is 6.35. The van der Waals surface area contributed by atoms with Gasteiger partial charge in [0.25, 0.3) is 5.91 Å². The van der Waals surface area contributed by atoms with Gasteiger partial charge in [-0.25, -0.2) is 0 Å². The summed E-state index contributed by atoms with van der Waals surface area (Å²) in [6, 6.07) is 9.36. The first-order valence-electron chi connectivity index (χ1n) is 6.82. The number of pyridine rings is 1. The van der Waals surface area contributed by atoms with Crippen molar-refractivity contribution in [2.45, 2.75) is 19.8 Å². The molecule has 1 N–H and O–H groups in total. The lowest BCUT2D eigenvalue weighted by atomic mass is 10.1. The van der Waals surface area contributed by atoms with E-state index < -0.39 is 5.97 Å². The van der Waals surface area contributed by atoms with Crippen LogP contribution in [0.5, 0.6) is 0 Å². The molecule has 2 aromatic rings. The van der Waals surface area contributed by atoms with Gasteiger partial charge < -0.3 is 10.0 Å². The number of aliphatic carboxylic acids is 1. The Balaban J connectivity index is 2.22. The number of rotatable bonds is 5. The highest BCUT2D eigenvalue weighted by atomic mass is 16.4. The van der Waals surface area contributed by atoms with Crippen LogP contribution < -0.4 is 0 Å². The summed E-state index contributed by atoms with van der Waals surface area (Å²) in [5, 5.41) is 9.56. The van der Waals surface area contributed by atoms with Gasteiger partial charge in [0.1, 0.15) is 0 Å². The fourth-order valence-corrected chi connectivity index (χ4v) is 2.19. The normalized spacial score (nSPS) is 10.6. The smallest absolute Gasteiger partial charge is 0.303 e. The summed E-state index contributed by atoms with van der Waals surface area (Å²) in [4.78, 5) is 29.0. The number of fused-ring (bicyclic) bond motifs is 1. The Morgan fingerprint density at radius 3 is 2.71 bits per heavy atom. The number of nitrogens with zero attached hydrogens (tertiary/aromatic N) is 2. The Hall–Kier alpha value is -2.43. The number of carbonyl (C=O) groups excluding carboxylic acids is 1. The third-order valence-corrected chi connectivity index (χ3v) is 3.32. The van der Waals surface area contributed by atoms with Crippen molar-refractivity contribution in [3.05, 3.63) is 41.6 Å². The Kier molecular flexibility index (Phi) is 4.52. The number of aryl methyl sites for hydroxylation is 1. The number of aromatic nitrogens is 1. The van der Waals surface area contributed by atoms with Gasteiger partial charge >= 0.3 is 5.97 Å². The van der Waals surface area contributed by atoms with E-state index in [2.05, 4.69) is 4.98 Å². The molecule has 5 nitrogen and oxygen atoms in total. The van der Waals surface area contributed by atoms with E-state index >= 15 is 0 Å². The Bertz CT molecular complexity index is 682. The highest BCUT2D eigenvalue weighted by Gasteiger charge is 2.15. The fraction of sp³-hybridized carbons (Fsp3) is 0.312. The number of benzene rings is 1. The maximum absolute atomic E-state index is 12.5. The van der Waals surface area contributed by atoms with E-state index in [4.69, 9.17) is 5.11 Å². The van der Waals surface area contributed by atoms with Crippen LogP contribution in [0.15, 0.2) is 30.3 Å². The van der Waals surface area contributed by atoms with Crippen LogP contribution in [0.2, 0.25) is 0 Å². The van der Waals surface area contributed by atoms with Gasteiger partial charge in [-0.1, -0.05) is 18.2 Å². The summed E-state index contributed by atoms with van der Waals surface area (Å²) >= 11 is 0. The van der Waals surface area contributed by atoms with Crippen molar-refractivity contribution in [1.82, 2.24) is 9.88 Å². The number of hydrogen-bond acceptors (Lipinski definition) is 3. The van der Waals surface area contributed by atoms with E-state index in [1.807, 2.05) is 31.2 Å². The average molecular weight is 286 g/mol. The first-order chi connectivity index (χ1) is 9.99. The predicted octanol–water partition coefficient (Wildman–Crippen LogP) is 2.48. The second-order valence-corrected chi connectivity index (χ2v) is 5.05. The quantitative estimate of drug-likeness (QED) is 0.916. The molecule has 1 heterocycles. The number of para-hydroxylation sites is 1. The summed E-state index contributed by atoms with van der Waals surface area (Å²) in [6.07, 6.45) is 0.499. The molecule has 21 heavy (non-hydrogen) atoms. The summed E-state index contributed by atoms with van der Waals surface area (Å²) in [6.45, 7) is 2.30. The largest absolute Gasteiger partial charge is 0.481 e. The minimum Gasteiger partial charge on any atom is -0.481 e. The number of hydrogen-bond donors (Lipinski definition) is 1. The zero-order valence-corrected chi connectivity index (χ0v) is 12.2. The van der Waals surface area contributed by atoms with E-state index in [1.165, 1.54) is 0 Å². The van der Waals surface area contributed by atoms with Crippen LogP contribution in [-0.2, 0) is 4.79 Å². The van der Waals surface area contributed by atoms with Gasteiger partial charge in [0, 0.05) is 31.1 Å². The molecule has 0 aliphatic rings. The minimum absolute atomic E-state index is 0.0600. The third-order valence-electron chi connectivity index (χ3n) is 3.32. The van der Waals surface area contributed by atoms with Crippen LogP contribution in [0.3, 0.4) is 0 Å². The SMILES string of the molecule is Cc1ccc2cccc(C(=O)N(C)CCCC(=O)O)c2n1. The van der Waals surface area contributed by atoms with E-state index in [-0.39, 0.29) is 12.3 Å². The first-order valence-corrected chi connectivity index (χ1v) is 6.82. The van der Waals surface area contributed by atoms with Gasteiger partial charge in [-0.3, -0.25) is 14.6 Å². The van der Waals surface area contributed by atoms with Gasteiger partial charge in [0.2, 0.25) is 0 Å². The highest BCUT2D eigenvalue weighted by molar-refractivity contribution is 6.05. The Labute approximate surface area is 123 Å². The lowest BCUT2D eigenvalue weighted by Gasteiger charge is -2.17. The molecule has 0 radical (unpaired) electrons. The van der Waals surface area contributed by atoms with Crippen LogP contribution >= 0.6 is 0 Å². The molecule has 5 heteroatoms. The fourth-order valence-electron chi connectivity index (χ4n) is 2.19. The number of carboxylic acids is 1. The molecule has 1 amide bonds. The summed E-state index contributed by atoms with van der Waals surface area (Å²) in [5.41, 5.74) is 2.10. The van der Waals surface area contributed by atoms with Crippen molar-refractivity contribution in [1.29, 1.82) is 0 Å². The Morgan fingerprint density at radius 1 is 1.24 bits per heavy atom. The molecule has 0 aliphatic carbocycles. The van der Waals surface area contributed by atoms with Crippen LogP contribution in [0.4, 0.5) is 0 Å². The van der Waals surface area contributed by atoms with Crippen LogP contribution in [0.1, 0.15) is 28.9 Å². The standard InChI is InChI=1S/C16H18N2O3/c1-11-8-9-12-5-3-6-13(15(12)17-11)16(21)18(2)10-4-7-14(19)20/h3,5-6,8-9H,4,7,10H2,1-2H3,(H,19,20). The van der Waals surface area contributed by atoms with Crippen molar-refractivity contribution < 1.29 is 14.7 Å². The van der Waals surface area contributed by atoms with Crippen molar-refractivity contribution in [2.24, 2.45) is 0 Å². The van der Waals surface area contributed by atoms with Gasteiger partial charge in [-0.15, -0.1) is 0 Å². The maximum Gasteiger partial charge on any atom is 0.303 e. The monoisotopic (exact) mass is 286 g/mol. The summed E-state index contributed by atoms with van der Waals surface area (Å²) < 4.78 is 0. The maximum atomic E-state index is 12.5. The molecule has 0 saturated heterocycles. The molecule has 0 spiro atoms. The summed E-state index contributed by atoms with van der Waals surface area (Å²) in [5.74, 6) is -0.984. The molecular formula is C16H18N2O3. The lowest BCUT2D eigenvalue weighted by molar-refractivity contribution is -0.137.